The van der Waals surface area contributed by atoms with E-state index in [1.54, 1.807) is 6.07 Å². The summed E-state index contributed by atoms with van der Waals surface area (Å²) < 4.78 is 17.6. The first-order valence-electron chi connectivity index (χ1n) is 11.7. The Balaban J connectivity index is 1.45. The number of benzene rings is 2. The molecule has 2 aromatic carbocycles. The Bertz CT molecular complexity index is 1180. The van der Waals surface area contributed by atoms with Gasteiger partial charge < -0.3 is 9.84 Å². The maximum Gasteiger partial charge on any atom is 0.449 e. The van der Waals surface area contributed by atoms with E-state index >= 15 is 0 Å². The summed E-state index contributed by atoms with van der Waals surface area (Å²) in [6.45, 7) is 8.49. The molecule has 2 unspecified atom stereocenters. The van der Waals surface area contributed by atoms with Gasteiger partial charge in [-0.15, -0.1) is 0 Å². The molecule has 1 fully saturated rings. The molecule has 4 rings (SSSR count). The Morgan fingerprint density at radius 2 is 1.89 bits per heavy atom. The zero-order valence-electron chi connectivity index (χ0n) is 20.5. The molecule has 1 aromatic heterocycles. The van der Waals surface area contributed by atoms with Crippen LogP contribution in [-0.4, -0.2) is 27.9 Å². The maximum atomic E-state index is 11.0. The van der Waals surface area contributed by atoms with Crippen LogP contribution in [0.5, 0.6) is 11.5 Å². The van der Waals surface area contributed by atoms with Gasteiger partial charge in [-0.25, -0.2) is 0 Å². The summed E-state index contributed by atoms with van der Waals surface area (Å²) in [5, 5.41) is 10.7. The van der Waals surface area contributed by atoms with Crippen LogP contribution < -0.4 is 4.74 Å². The molecule has 0 spiro atoms. The van der Waals surface area contributed by atoms with Gasteiger partial charge in [0.2, 0.25) is 0 Å². The smallest absolute Gasteiger partial charge is 0.449 e. The van der Waals surface area contributed by atoms with Gasteiger partial charge in [0, 0.05) is 23.6 Å². The predicted octanol–water partition coefficient (Wildman–Crippen LogP) is 7.04. The largest absolute Gasteiger partial charge is 0.506 e. The van der Waals surface area contributed by atoms with E-state index in [1.807, 2.05) is 70.2 Å². The average Bonchev–Trinajstić information content (AvgIpc) is 2.81. The number of pyridine rings is 1. The van der Waals surface area contributed by atoms with E-state index in [2.05, 4.69) is 4.98 Å². The van der Waals surface area contributed by atoms with E-state index in [-0.39, 0.29) is 24.1 Å². The van der Waals surface area contributed by atoms with Crippen molar-refractivity contribution < 1.29 is 23.8 Å². The van der Waals surface area contributed by atoms with E-state index in [1.165, 1.54) is 0 Å². The van der Waals surface area contributed by atoms with Gasteiger partial charge >= 0.3 is 7.94 Å². The molecule has 0 amide bonds. The van der Waals surface area contributed by atoms with Crippen LogP contribution in [0.1, 0.15) is 65.9 Å². The molecule has 186 valence electrons. The highest BCUT2D eigenvalue weighted by atomic mass is 35.5. The quantitative estimate of drug-likeness (QED) is 0.328. The average molecular weight is 517 g/mol. The van der Waals surface area contributed by atoms with E-state index < -0.39 is 7.94 Å². The van der Waals surface area contributed by atoms with Gasteiger partial charge in [0.1, 0.15) is 24.2 Å². The molecule has 0 aliphatic carbocycles. The van der Waals surface area contributed by atoms with E-state index in [9.17, 15) is 10.00 Å². The topological polar surface area (TPSA) is 81.0 Å². The first-order valence-corrected chi connectivity index (χ1v) is 13.9. The number of aromatic hydroxyl groups is 1. The third-order valence-corrected chi connectivity index (χ3v) is 7.97. The van der Waals surface area contributed by atoms with Gasteiger partial charge in [-0.3, -0.25) is 4.98 Å². The molecule has 3 aromatic rings. The summed E-state index contributed by atoms with van der Waals surface area (Å²) in [6.07, 6.45) is 0.949. The lowest BCUT2D eigenvalue weighted by molar-refractivity contribution is 0.0518. The highest BCUT2D eigenvalue weighted by Gasteiger charge is 2.49. The number of rotatable bonds is 7. The predicted molar refractivity (Wildman–Crippen MR) is 139 cm³/mol. The lowest BCUT2D eigenvalue weighted by Gasteiger charge is -2.27. The molecular formula is C27H32ClNO5P+. The summed E-state index contributed by atoms with van der Waals surface area (Å²) in [7, 11) is -3.18. The van der Waals surface area contributed by atoms with Crippen LogP contribution in [0.25, 0.3) is 0 Å². The summed E-state index contributed by atoms with van der Waals surface area (Å²) in [4.78, 5) is 15.7. The molecule has 0 radical (unpaired) electrons. The van der Waals surface area contributed by atoms with Crippen molar-refractivity contribution in [2.75, 3.05) is 13.0 Å². The molecule has 8 heteroatoms. The van der Waals surface area contributed by atoms with Crippen LogP contribution in [0.15, 0.2) is 48.5 Å². The normalized spacial score (nSPS) is 20.3. The summed E-state index contributed by atoms with van der Waals surface area (Å²) >= 11 is 6.12. The summed E-state index contributed by atoms with van der Waals surface area (Å²) in [5.41, 5.74) is 5.81. The standard InChI is InChI=1S/C27H31ClNO5P/c1-17(2)27-25(30)9-8-22(29-27)15-24-18(3)12-23(13-19(24)4)32-16-35(31)33-11-10-26(34-35)20-6-5-7-21(28)14-20/h5-9,12-14,17,26,31H,10-11,15-16H2,1-4H3/p+1. The second-order valence-electron chi connectivity index (χ2n) is 9.26. The van der Waals surface area contributed by atoms with E-state index in [0.717, 1.165) is 27.9 Å². The number of aromatic nitrogens is 1. The Morgan fingerprint density at radius 1 is 1.14 bits per heavy atom. The SMILES string of the molecule is Cc1cc(OC[P+]2(O)OCCC(c3cccc(Cl)c3)O2)cc(C)c1Cc1ccc(O)c(C(C)C)n1. The van der Waals surface area contributed by atoms with Crippen molar-refractivity contribution in [3.05, 3.63) is 87.2 Å². The number of ether oxygens (including phenoxy) is 1. The van der Waals surface area contributed by atoms with Crippen LogP contribution in [0.2, 0.25) is 5.02 Å². The molecule has 0 bridgehead atoms. The van der Waals surface area contributed by atoms with Gasteiger partial charge in [-0.2, -0.15) is 13.9 Å². The van der Waals surface area contributed by atoms with Crippen LogP contribution in [0, 0.1) is 13.8 Å². The zero-order chi connectivity index (χ0) is 25.2. The second kappa shape index (κ2) is 10.8. The Hall–Kier alpha value is -2.21. The first kappa shape index (κ1) is 25.9. The van der Waals surface area contributed by atoms with Crippen molar-refractivity contribution in [3.63, 3.8) is 0 Å². The molecule has 2 heterocycles. The molecule has 2 N–H and O–H groups in total. The lowest BCUT2D eigenvalue weighted by Crippen LogP contribution is -2.21. The third kappa shape index (κ3) is 6.32. The molecule has 0 saturated carbocycles. The first-order chi connectivity index (χ1) is 16.6. The lowest BCUT2D eigenvalue weighted by atomic mass is 9.97. The molecule has 6 nitrogen and oxygen atoms in total. The van der Waals surface area contributed by atoms with Gasteiger partial charge in [-0.1, -0.05) is 37.6 Å². The molecule has 1 aliphatic heterocycles. The molecule has 1 saturated heterocycles. The number of aryl methyl sites for hydroxylation is 2. The monoisotopic (exact) mass is 516 g/mol. The number of nitrogens with zero attached hydrogens (tertiary/aromatic N) is 1. The molecule has 2 atom stereocenters. The van der Waals surface area contributed by atoms with Gasteiger partial charge in [0.25, 0.3) is 6.35 Å². The fraction of sp³-hybridized carbons (Fsp3) is 0.370. The van der Waals surface area contributed by atoms with Crippen molar-refractivity contribution >= 4 is 19.5 Å². The minimum absolute atomic E-state index is 0.0560. The number of hydrogen-bond donors (Lipinski definition) is 2. The van der Waals surface area contributed by atoms with Crippen LogP contribution >= 0.6 is 19.5 Å². The van der Waals surface area contributed by atoms with Crippen molar-refractivity contribution in [2.45, 2.75) is 52.6 Å². The maximum absolute atomic E-state index is 11.0. The van der Waals surface area contributed by atoms with Crippen molar-refractivity contribution in [2.24, 2.45) is 0 Å². The van der Waals surface area contributed by atoms with Gasteiger partial charge in [0.05, 0.1) is 5.69 Å². The third-order valence-electron chi connectivity index (χ3n) is 6.11. The van der Waals surface area contributed by atoms with Gasteiger partial charge in [-0.05, 0) is 78.4 Å². The van der Waals surface area contributed by atoms with Crippen LogP contribution in [-0.2, 0) is 15.5 Å². The van der Waals surface area contributed by atoms with Crippen LogP contribution in [0.4, 0.5) is 0 Å². The van der Waals surface area contributed by atoms with E-state index in [0.29, 0.717) is 35.9 Å². The Kier molecular flexibility index (Phi) is 7.99. The summed E-state index contributed by atoms with van der Waals surface area (Å²) in [5.74, 6) is 1.02. The minimum Gasteiger partial charge on any atom is -0.506 e. The van der Waals surface area contributed by atoms with Crippen molar-refractivity contribution in [1.82, 2.24) is 4.98 Å². The molecule has 1 aliphatic rings. The van der Waals surface area contributed by atoms with Crippen molar-refractivity contribution in [3.8, 4) is 11.5 Å². The number of hydrogen-bond acceptors (Lipinski definition) is 6. The van der Waals surface area contributed by atoms with Gasteiger partial charge in [0.15, 0.2) is 0 Å². The second-order valence-corrected chi connectivity index (χ2v) is 11.7. The molecule has 35 heavy (non-hydrogen) atoms. The zero-order valence-corrected chi connectivity index (χ0v) is 22.1. The molecular weight excluding hydrogens is 485 g/mol. The highest BCUT2D eigenvalue weighted by molar-refractivity contribution is 7.60. The Morgan fingerprint density at radius 3 is 2.57 bits per heavy atom. The van der Waals surface area contributed by atoms with E-state index in [4.69, 9.17) is 25.4 Å². The Labute approximate surface area is 212 Å². The fourth-order valence-corrected chi connectivity index (χ4v) is 6.00. The van der Waals surface area contributed by atoms with Crippen LogP contribution in [0.3, 0.4) is 0 Å². The summed E-state index contributed by atoms with van der Waals surface area (Å²) in [6, 6.07) is 14.9. The minimum atomic E-state index is -3.18. The highest BCUT2D eigenvalue weighted by Crippen LogP contribution is 2.63. The fourth-order valence-electron chi connectivity index (χ4n) is 4.27. The number of halogens is 1. The van der Waals surface area contributed by atoms with Crippen molar-refractivity contribution in [1.29, 1.82) is 0 Å².